The number of nitrogens with zero attached hydrogens (tertiary/aromatic N) is 1. The fraction of sp³-hybridized carbons (Fsp3) is 0.333. The molecule has 1 aromatic carbocycles. The number of nitrogens with two attached hydrogens (primary N) is 1. The molecule has 7 nitrogen and oxygen atoms in total. The molecule has 0 aliphatic heterocycles. The molecule has 0 atom stereocenters. The summed E-state index contributed by atoms with van der Waals surface area (Å²) in [4.78, 5) is 27.1. The van der Waals surface area contributed by atoms with Crippen LogP contribution < -0.4 is 11.1 Å². The van der Waals surface area contributed by atoms with Crippen LogP contribution in [0.25, 0.3) is 10.9 Å². The summed E-state index contributed by atoms with van der Waals surface area (Å²) >= 11 is 0. The van der Waals surface area contributed by atoms with Crippen molar-refractivity contribution >= 4 is 22.8 Å². The Morgan fingerprint density at radius 3 is 2.91 bits per heavy atom. The Morgan fingerprint density at radius 2 is 2.18 bits per heavy atom. The largest absolute Gasteiger partial charge is 0.508 e. The first kappa shape index (κ1) is 15.7. The van der Waals surface area contributed by atoms with Gasteiger partial charge in [-0.05, 0) is 30.2 Å². The standard InChI is InChI=1S/C15H20N4O3/c1-19(15(16)22)7-6-17-14(21)5-2-10-9-18-13-4-3-11(20)8-12(10)13/h3-4,8-9,18,20H,2,5-7H2,1H3,(H2,16,22)(H,17,21). The van der Waals surface area contributed by atoms with E-state index in [-0.39, 0.29) is 11.7 Å². The SMILES string of the molecule is CN(CCNC(=O)CCc1c[nH]c2ccc(O)cc12)C(N)=O. The van der Waals surface area contributed by atoms with Crippen LogP contribution >= 0.6 is 0 Å². The van der Waals surface area contributed by atoms with Crippen LogP contribution in [0.2, 0.25) is 0 Å². The number of phenolic OH excluding ortho intramolecular Hbond substituents is 1. The summed E-state index contributed by atoms with van der Waals surface area (Å²) in [5.74, 6) is 0.111. The summed E-state index contributed by atoms with van der Waals surface area (Å²) in [6.45, 7) is 0.745. The van der Waals surface area contributed by atoms with Gasteiger partial charge in [0.05, 0.1) is 0 Å². The maximum Gasteiger partial charge on any atom is 0.314 e. The van der Waals surface area contributed by atoms with Gasteiger partial charge in [0.15, 0.2) is 0 Å². The molecular formula is C15H20N4O3. The van der Waals surface area contributed by atoms with Crippen molar-refractivity contribution in [1.82, 2.24) is 15.2 Å². The lowest BCUT2D eigenvalue weighted by atomic mass is 10.1. The normalized spacial score (nSPS) is 10.6. The van der Waals surface area contributed by atoms with Crippen molar-refractivity contribution in [2.24, 2.45) is 5.73 Å². The fourth-order valence-electron chi connectivity index (χ4n) is 2.18. The number of rotatable bonds is 6. The zero-order valence-electron chi connectivity index (χ0n) is 12.4. The second kappa shape index (κ2) is 6.84. The van der Waals surface area contributed by atoms with E-state index in [4.69, 9.17) is 5.73 Å². The fourth-order valence-corrected chi connectivity index (χ4v) is 2.18. The summed E-state index contributed by atoms with van der Waals surface area (Å²) in [6.07, 6.45) is 2.75. The molecule has 0 spiro atoms. The Kier molecular flexibility index (Phi) is 4.88. The van der Waals surface area contributed by atoms with E-state index >= 15 is 0 Å². The number of nitrogens with one attached hydrogen (secondary N) is 2. The highest BCUT2D eigenvalue weighted by atomic mass is 16.3. The first-order valence-corrected chi connectivity index (χ1v) is 7.03. The Bertz CT molecular complexity index is 680. The number of phenols is 1. The van der Waals surface area contributed by atoms with Gasteiger partial charge in [0.1, 0.15) is 5.75 Å². The number of amides is 3. The van der Waals surface area contributed by atoms with Gasteiger partial charge in [-0.3, -0.25) is 4.79 Å². The number of aromatic amines is 1. The van der Waals surface area contributed by atoms with Crippen molar-refractivity contribution in [3.05, 3.63) is 30.0 Å². The molecule has 0 bridgehead atoms. The molecule has 5 N–H and O–H groups in total. The van der Waals surface area contributed by atoms with Crippen LogP contribution in [0.5, 0.6) is 5.75 Å². The summed E-state index contributed by atoms with van der Waals surface area (Å²) in [5, 5.41) is 13.2. The lowest BCUT2D eigenvalue weighted by molar-refractivity contribution is -0.121. The molecule has 22 heavy (non-hydrogen) atoms. The number of hydrogen-bond acceptors (Lipinski definition) is 3. The third kappa shape index (κ3) is 3.91. The molecule has 0 aliphatic rings. The zero-order valence-corrected chi connectivity index (χ0v) is 12.4. The molecule has 2 rings (SSSR count). The van der Waals surface area contributed by atoms with Gasteiger partial charge in [-0.25, -0.2) is 4.79 Å². The van der Waals surface area contributed by atoms with Crippen LogP contribution in [-0.2, 0) is 11.2 Å². The van der Waals surface area contributed by atoms with Crippen molar-refractivity contribution in [3.8, 4) is 5.75 Å². The summed E-state index contributed by atoms with van der Waals surface area (Å²) in [5.41, 5.74) is 7.00. The first-order chi connectivity index (χ1) is 10.5. The number of benzene rings is 1. The summed E-state index contributed by atoms with van der Waals surface area (Å²) < 4.78 is 0. The van der Waals surface area contributed by atoms with E-state index in [1.165, 1.54) is 4.90 Å². The molecule has 118 valence electrons. The smallest absolute Gasteiger partial charge is 0.314 e. The molecule has 0 aliphatic carbocycles. The van der Waals surface area contributed by atoms with E-state index in [9.17, 15) is 14.7 Å². The second-order valence-electron chi connectivity index (χ2n) is 5.15. The van der Waals surface area contributed by atoms with Crippen LogP contribution in [0.1, 0.15) is 12.0 Å². The minimum atomic E-state index is -0.521. The molecule has 1 aromatic heterocycles. The van der Waals surface area contributed by atoms with Crippen molar-refractivity contribution in [1.29, 1.82) is 0 Å². The molecule has 1 heterocycles. The maximum atomic E-state index is 11.8. The number of primary amides is 1. The van der Waals surface area contributed by atoms with Crippen molar-refractivity contribution in [2.45, 2.75) is 12.8 Å². The van der Waals surface area contributed by atoms with E-state index in [2.05, 4.69) is 10.3 Å². The van der Waals surface area contributed by atoms with Crippen LogP contribution in [0.4, 0.5) is 4.79 Å². The highest BCUT2D eigenvalue weighted by Crippen LogP contribution is 2.23. The highest BCUT2D eigenvalue weighted by Gasteiger charge is 2.08. The highest BCUT2D eigenvalue weighted by molar-refractivity contribution is 5.85. The number of H-pyrrole nitrogens is 1. The van der Waals surface area contributed by atoms with Gasteiger partial charge in [-0.1, -0.05) is 0 Å². The van der Waals surface area contributed by atoms with E-state index in [0.29, 0.717) is 25.9 Å². The van der Waals surface area contributed by atoms with Crippen LogP contribution in [0, 0.1) is 0 Å². The number of carbonyl (C=O) groups excluding carboxylic acids is 2. The van der Waals surface area contributed by atoms with Gasteiger partial charge in [-0.15, -0.1) is 0 Å². The number of urea groups is 1. The van der Waals surface area contributed by atoms with E-state index in [1.54, 1.807) is 25.2 Å². The second-order valence-corrected chi connectivity index (χ2v) is 5.15. The van der Waals surface area contributed by atoms with Crippen molar-refractivity contribution < 1.29 is 14.7 Å². The molecular weight excluding hydrogens is 284 g/mol. The van der Waals surface area contributed by atoms with E-state index in [0.717, 1.165) is 16.5 Å². The molecule has 0 unspecified atom stereocenters. The number of carbonyl (C=O) groups is 2. The number of aromatic nitrogens is 1. The van der Waals surface area contributed by atoms with Gasteiger partial charge in [0.25, 0.3) is 0 Å². The average molecular weight is 304 g/mol. The van der Waals surface area contributed by atoms with Gasteiger partial charge in [0.2, 0.25) is 5.91 Å². The number of likely N-dealkylation sites (N-methyl/N-ethyl adjacent to an activating group) is 1. The third-order valence-corrected chi connectivity index (χ3v) is 3.52. The van der Waals surface area contributed by atoms with E-state index < -0.39 is 6.03 Å². The predicted octanol–water partition coefficient (Wildman–Crippen LogP) is 0.933. The molecule has 2 aromatic rings. The zero-order chi connectivity index (χ0) is 16.1. The molecule has 7 heteroatoms. The van der Waals surface area contributed by atoms with E-state index in [1.807, 2.05) is 6.20 Å². The number of aromatic hydroxyl groups is 1. The molecule has 0 fully saturated rings. The number of aryl methyl sites for hydroxylation is 1. The van der Waals surface area contributed by atoms with Crippen molar-refractivity contribution in [3.63, 3.8) is 0 Å². The van der Waals surface area contributed by atoms with Gasteiger partial charge < -0.3 is 26.0 Å². The summed E-state index contributed by atoms with van der Waals surface area (Å²) in [6, 6.07) is 4.58. The molecule has 0 saturated heterocycles. The van der Waals surface area contributed by atoms with Crippen molar-refractivity contribution in [2.75, 3.05) is 20.1 Å². The van der Waals surface area contributed by atoms with Crippen LogP contribution in [0.15, 0.2) is 24.4 Å². The Labute approximate surface area is 128 Å². The maximum absolute atomic E-state index is 11.8. The van der Waals surface area contributed by atoms with Gasteiger partial charge >= 0.3 is 6.03 Å². The average Bonchev–Trinajstić information content (AvgIpc) is 2.87. The van der Waals surface area contributed by atoms with Gasteiger partial charge in [-0.2, -0.15) is 0 Å². The predicted molar refractivity (Wildman–Crippen MR) is 83.5 cm³/mol. The molecule has 0 saturated carbocycles. The minimum Gasteiger partial charge on any atom is -0.508 e. The third-order valence-electron chi connectivity index (χ3n) is 3.52. The van der Waals surface area contributed by atoms with Crippen LogP contribution in [0.3, 0.4) is 0 Å². The van der Waals surface area contributed by atoms with Gasteiger partial charge in [0, 0.05) is 43.7 Å². The monoisotopic (exact) mass is 304 g/mol. The lowest BCUT2D eigenvalue weighted by Gasteiger charge is -2.14. The first-order valence-electron chi connectivity index (χ1n) is 7.03. The Hall–Kier alpha value is -2.70. The molecule has 0 radical (unpaired) electrons. The topological polar surface area (TPSA) is 111 Å². The number of hydrogen-bond donors (Lipinski definition) is 4. The minimum absolute atomic E-state index is 0.0904. The Morgan fingerprint density at radius 1 is 1.41 bits per heavy atom. The molecule has 3 amide bonds. The quantitative estimate of drug-likeness (QED) is 0.637. The lowest BCUT2D eigenvalue weighted by Crippen LogP contribution is -2.38. The summed E-state index contributed by atoms with van der Waals surface area (Å²) in [7, 11) is 1.58. The van der Waals surface area contributed by atoms with Crippen LogP contribution in [-0.4, -0.2) is 47.1 Å². The number of fused-ring (bicyclic) bond motifs is 1. The Balaban J connectivity index is 1.83.